The minimum Gasteiger partial charge on any atom is -0.381 e. The highest BCUT2D eigenvalue weighted by molar-refractivity contribution is 5.55. The lowest BCUT2D eigenvalue weighted by molar-refractivity contribution is 0.578. The first-order valence-corrected chi connectivity index (χ1v) is 7.82. The van der Waals surface area contributed by atoms with Gasteiger partial charge in [-0.15, -0.1) is 0 Å². The van der Waals surface area contributed by atoms with Gasteiger partial charge in [0.15, 0.2) is 0 Å². The fourth-order valence-corrected chi connectivity index (χ4v) is 2.75. The Morgan fingerprint density at radius 1 is 1.00 bits per heavy atom. The summed E-state index contributed by atoms with van der Waals surface area (Å²) >= 11 is 0. The van der Waals surface area contributed by atoms with E-state index in [0.717, 1.165) is 17.9 Å². The van der Waals surface area contributed by atoms with E-state index < -0.39 is 0 Å². The average molecular weight is 281 g/mol. The van der Waals surface area contributed by atoms with Crippen molar-refractivity contribution in [1.29, 1.82) is 0 Å². The van der Waals surface area contributed by atoms with Gasteiger partial charge in [0.25, 0.3) is 0 Å². The van der Waals surface area contributed by atoms with E-state index >= 15 is 0 Å². The van der Waals surface area contributed by atoms with E-state index in [-0.39, 0.29) is 0 Å². The quantitative estimate of drug-likeness (QED) is 0.918. The summed E-state index contributed by atoms with van der Waals surface area (Å²) in [6.07, 6.45) is 5.95. The van der Waals surface area contributed by atoms with Crippen molar-refractivity contribution in [3.63, 3.8) is 0 Å². The zero-order chi connectivity index (χ0) is 14.5. The molecule has 1 saturated heterocycles. The van der Waals surface area contributed by atoms with Gasteiger partial charge in [-0.25, -0.2) is 0 Å². The van der Waals surface area contributed by atoms with Crippen molar-refractivity contribution in [2.45, 2.75) is 32.7 Å². The topological polar surface area (TPSA) is 28.2 Å². The van der Waals surface area contributed by atoms with Crippen LogP contribution in [0.1, 0.15) is 30.5 Å². The number of aryl methyl sites for hydroxylation is 1. The third kappa shape index (κ3) is 3.75. The Balaban J connectivity index is 1.57. The molecule has 3 nitrogen and oxygen atoms in total. The number of benzene rings is 1. The highest BCUT2D eigenvalue weighted by Crippen LogP contribution is 2.22. The number of piperidine rings is 1. The Labute approximate surface area is 127 Å². The van der Waals surface area contributed by atoms with Crippen LogP contribution in [-0.2, 0) is 6.54 Å². The predicted octanol–water partition coefficient (Wildman–Crippen LogP) is 3.99. The third-order valence-corrected chi connectivity index (χ3v) is 4.06. The summed E-state index contributed by atoms with van der Waals surface area (Å²) in [5, 5.41) is 3.45. The molecule has 0 saturated carbocycles. The van der Waals surface area contributed by atoms with Crippen molar-refractivity contribution in [3.05, 3.63) is 53.9 Å². The van der Waals surface area contributed by atoms with Crippen LogP contribution in [0, 0.1) is 6.92 Å². The molecule has 110 valence electrons. The van der Waals surface area contributed by atoms with Crippen LogP contribution >= 0.6 is 0 Å². The van der Waals surface area contributed by atoms with Crippen LogP contribution in [-0.4, -0.2) is 18.1 Å². The predicted molar refractivity (Wildman–Crippen MR) is 88.8 cm³/mol. The van der Waals surface area contributed by atoms with Gasteiger partial charge in [0.2, 0.25) is 0 Å². The Kier molecular flexibility index (Phi) is 4.39. The maximum absolute atomic E-state index is 4.32. The van der Waals surface area contributed by atoms with E-state index in [4.69, 9.17) is 0 Å². The highest BCUT2D eigenvalue weighted by Gasteiger charge is 2.10. The minimum absolute atomic E-state index is 0.816. The van der Waals surface area contributed by atoms with Gasteiger partial charge in [0, 0.05) is 42.9 Å². The van der Waals surface area contributed by atoms with E-state index in [2.05, 4.69) is 51.6 Å². The fourth-order valence-electron chi connectivity index (χ4n) is 2.75. The van der Waals surface area contributed by atoms with Gasteiger partial charge in [0.1, 0.15) is 0 Å². The molecule has 0 spiro atoms. The molecule has 3 heteroatoms. The molecule has 0 amide bonds. The van der Waals surface area contributed by atoms with Crippen LogP contribution in [0.3, 0.4) is 0 Å². The summed E-state index contributed by atoms with van der Waals surface area (Å²) in [6.45, 7) is 5.22. The zero-order valence-electron chi connectivity index (χ0n) is 12.7. The number of anilines is 2. The first kappa shape index (κ1) is 13.9. The van der Waals surface area contributed by atoms with E-state index in [9.17, 15) is 0 Å². The number of aromatic nitrogens is 1. The maximum atomic E-state index is 4.32. The van der Waals surface area contributed by atoms with Gasteiger partial charge in [-0.1, -0.05) is 6.07 Å². The monoisotopic (exact) mass is 281 g/mol. The van der Waals surface area contributed by atoms with Gasteiger partial charge in [-0.2, -0.15) is 0 Å². The molecule has 0 bridgehead atoms. The number of pyridine rings is 1. The van der Waals surface area contributed by atoms with Crippen LogP contribution in [0.2, 0.25) is 0 Å². The van der Waals surface area contributed by atoms with E-state index in [1.54, 1.807) is 0 Å². The Morgan fingerprint density at radius 3 is 2.43 bits per heavy atom. The van der Waals surface area contributed by atoms with Gasteiger partial charge < -0.3 is 10.2 Å². The molecule has 1 aromatic heterocycles. The summed E-state index contributed by atoms with van der Waals surface area (Å²) in [4.78, 5) is 6.80. The van der Waals surface area contributed by atoms with E-state index in [1.807, 2.05) is 13.1 Å². The molecular weight excluding hydrogens is 258 g/mol. The van der Waals surface area contributed by atoms with Crippen LogP contribution in [0.15, 0.2) is 42.6 Å². The van der Waals surface area contributed by atoms with Crippen molar-refractivity contribution in [3.8, 4) is 0 Å². The molecule has 1 N–H and O–H groups in total. The van der Waals surface area contributed by atoms with Gasteiger partial charge in [-0.05, 0) is 62.1 Å². The molecule has 1 aromatic carbocycles. The van der Waals surface area contributed by atoms with Crippen molar-refractivity contribution in [2.24, 2.45) is 0 Å². The summed E-state index contributed by atoms with van der Waals surface area (Å²) in [5.74, 6) is 0. The molecule has 0 unspecified atom stereocenters. The average Bonchev–Trinajstić information content (AvgIpc) is 2.56. The van der Waals surface area contributed by atoms with Crippen LogP contribution < -0.4 is 10.2 Å². The summed E-state index contributed by atoms with van der Waals surface area (Å²) in [5.41, 5.74) is 4.78. The van der Waals surface area contributed by atoms with Gasteiger partial charge in [-0.3, -0.25) is 4.98 Å². The minimum atomic E-state index is 0.816. The zero-order valence-corrected chi connectivity index (χ0v) is 12.7. The maximum Gasteiger partial charge on any atom is 0.0416 e. The van der Waals surface area contributed by atoms with Crippen LogP contribution in [0.5, 0.6) is 0 Å². The highest BCUT2D eigenvalue weighted by atomic mass is 15.1. The number of nitrogens with one attached hydrogen (secondary N) is 1. The third-order valence-electron chi connectivity index (χ3n) is 4.06. The number of nitrogens with zero attached hydrogens (tertiary/aromatic N) is 2. The Bertz CT molecular complexity index is 554. The first-order valence-electron chi connectivity index (χ1n) is 7.82. The Morgan fingerprint density at radius 2 is 1.76 bits per heavy atom. The smallest absolute Gasteiger partial charge is 0.0416 e. The van der Waals surface area contributed by atoms with Crippen LogP contribution in [0.25, 0.3) is 0 Å². The molecule has 21 heavy (non-hydrogen) atoms. The molecule has 0 radical (unpaired) electrons. The Hall–Kier alpha value is -2.03. The SMILES string of the molecule is Cc1ccc(CNc2ccc(N3CCCCC3)cc2)cn1. The van der Waals surface area contributed by atoms with Crippen molar-refractivity contribution < 1.29 is 0 Å². The molecule has 2 heterocycles. The number of hydrogen-bond donors (Lipinski definition) is 1. The van der Waals surface area contributed by atoms with Crippen molar-refractivity contribution >= 4 is 11.4 Å². The molecule has 0 aliphatic carbocycles. The molecular formula is C18H23N3. The van der Waals surface area contributed by atoms with E-state index in [1.165, 1.54) is 43.6 Å². The number of rotatable bonds is 4. The lowest BCUT2D eigenvalue weighted by atomic mass is 10.1. The first-order chi connectivity index (χ1) is 10.3. The largest absolute Gasteiger partial charge is 0.381 e. The second kappa shape index (κ2) is 6.61. The van der Waals surface area contributed by atoms with Crippen LogP contribution in [0.4, 0.5) is 11.4 Å². The summed E-state index contributed by atoms with van der Waals surface area (Å²) in [6, 6.07) is 13.0. The molecule has 2 aromatic rings. The summed E-state index contributed by atoms with van der Waals surface area (Å²) in [7, 11) is 0. The molecule has 3 rings (SSSR count). The molecule has 1 aliphatic rings. The van der Waals surface area contributed by atoms with E-state index in [0.29, 0.717) is 0 Å². The standard InChI is InChI=1S/C18H23N3/c1-15-5-6-16(13-19-15)14-20-17-7-9-18(10-8-17)21-11-3-2-4-12-21/h5-10,13,20H,2-4,11-12,14H2,1H3. The second-order valence-corrected chi connectivity index (χ2v) is 5.76. The lowest BCUT2D eigenvalue weighted by Crippen LogP contribution is -2.29. The van der Waals surface area contributed by atoms with Crippen molar-refractivity contribution in [2.75, 3.05) is 23.3 Å². The van der Waals surface area contributed by atoms with Crippen molar-refractivity contribution in [1.82, 2.24) is 4.98 Å². The van der Waals surface area contributed by atoms with Gasteiger partial charge in [0.05, 0.1) is 0 Å². The second-order valence-electron chi connectivity index (χ2n) is 5.76. The fraction of sp³-hybridized carbons (Fsp3) is 0.389. The molecule has 1 aliphatic heterocycles. The lowest BCUT2D eigenvalue weighted by Gasteiger charge is -2.28. The molecule has 1 fully saturated rings. The normalized spacial score (nSPS) is 15.0. The number of hydrogen-bond acceptors (Lipinski definition) is 3. The molecule has 0 atom stereocenters. The van der Waals surface area contributed by atoms with Gasteiger partial charge >= 0.3 is 0 Å². The summed E-state index contributed by atoms with van der Waals surface area (Å²) < 4.78 is 0.